The van der Waals surface area contributed by atoms with E-state index in [-0.39, 0.29) is 12.5 Å². The van der Waals surface area contributed by atoms with Crippen molar-refractivity contribution in [2.45, 2.75) is 44.1 Å². The number of hydrogen-bond acceptors (Lipinski definition) is 3. The standard InChI is InChI=1S/C19H25N3O2/c1-22-17(11-12-21-22)18(23)13-20-19(24)16-9-7-15(8-10-16)14-5-3-2-4-6-14/h7-12,14,18,23H,2-6,13H2,1H3,(H,20,24). The highest BCUT2D eigenvalue weighted by atomic mass is 16.3. The van der Waals surface area contributed by atoms with E-state index >= 15 is 0 Å². The van der Waals surface area contributed by atoms with Crippen LogP contribution in [0.15, 0.2) is 36.5 Å². The molecule has 2 N–H and O–H groups in total. The Bertz CT molecular complexity index is 672. The summed E-state index contributed by atoms with van der Waals surface area (Å²) in [4.78, 5) is 12.2. The Labute approximate surface area is 142 Å². The predicted octanol–water partition coefficient (Wildman–Crippen LogP) is 2.93. The molecule has 5 nitrogen and oxygen atoms in total. The summed E-state index contributed by atoms with van der Waals surface area (Å²) in [6, 6.07) is 9.66. The largest absolute Gasteiger partial charge is 0.385 e. The van der Waals surface area contributed by atoms with Crippen molar-refractivity contribution in [1.82, 2.24) is 15.1 Å². The Morgan fingerprint density at radius 1 is 1.25 bits per heavy atom. The summed E-state index contributed by atoms with van der Waals surface area (Å²) < 4.78 is 1.61. The fourth-order valence-corrected chi connectivity index (χ4v) is 3.45. The number of hydrogen-bond donors (Lipinski definition) is 2. The average molecular weight is 327 g/mol. The molecule has 3 rings (SSSR count). The highest BCUT2D eigenvalue weighted by Gasteiger charge is 2.17. The molecule has 1 aliphatic rings. The average Bonchev–Trinajstić information content (AvgIpc) is 3.06. The molecule has 1 aromatic carbocycles. The second-order valence-electron chi connectivity index (χ2n) is 6.56. The Morgan fingerprint density at radius 2 is 1.96 bits per heavy atom. The van der Waals surface area contributed by atoms with E-state index in [1.54, 1.807) is 24.0 Å². The quantitative estimate of drug-likeness (QED) is 0.887. The van der Waals surface area contributed by atoms with Gasteiger partial charge >= 0.3 is 0 Å². The SMILES string of the molecule is Cn1nccc1C(O)CNC(=O)c1ccc(C2CCCCC2)cc1. The molecule has 1 unspecified atom stereocenters. The third-order valence-corrected chi connectivity index (χ3v) is 4.91. The van der Waals surface area contributed by atoms with Crippen LogP contribution in [-0.4, -0.2) is 27.3 Å². The van der Waals surface area contributed by atoms with E-state index in [1.165, 1.54) is 37.7 Å². The summed E-state index contributed by atoms with van der Waals surface area (Å²) in [5.74, 6) is 0.480. The molecule has 24 heavy (non-hydrogen) atoms. The van der Waals surface area contributed by atoms with Crippen LogP contribution in [0.3, 0.4) is 0 Å². The maximum Gasteiger partial charge on any atom is 0.251 e. The predicted molar refractivity (Wildman–Crippen MR) is 92.8 cm³/mol. The Kier molecular flexibility index (Phi) is 5.30. The van der Waals surface area contributed by atoms with Crippen molar-refractivity contribution in [3.05, 3.63) is 53.3 Å². The number of amides is 1. The van der Waals surface area contributed by atoms with Gasteiger partial charge in [0.25, 0.3) is 5.91 Å². The van der Waals surface area contributed by atoms with E-state index in [9.17, 15) is 9.90 Å². The number of aromatic nitrogens is 2. The van der Waals surface area contributed by atoms with Crippen LogP contribution in [-0.2, 0) is 7.05 Å². The molecule has 0 bridgehead atoms. The van der Waals surface area contributed by atoms with Gasteiger partial charge in [0.15, 0.2) is 0 Å². The molecule has 2 aromatic rings. The first-order valence-corrected chi connectivity index (χ1v) is 8.69. The van der Waals surface area contributed by atoms with Crippen molar-refractivity contribution in [3.8, 4) is 0 Å². The van der Waals surface area contributed by atoms with Gasteiger partial charge in [-0.25, -0.2) is 0 Å². The third kappa shape index (κ3) is 3.85. The molecule has 128 valence electrons. The first-order valence-electron chi connectivity index (χ1n) is 8.69. The van der Waals surface area contributed by atoms with Crippen LogP contribution in [0.4, 0.5) is 0 Å². The zero-order chi connectivity index (χ0) is 16.9. The van der Waals surface area contributed by atoms with Crippen molar-refractivity contribution >= 4 is 5.91 Å². The summed E-state index contributed by atoms with van der Waals surface area (Å²) in [5.41, 5.74) is 2.65. The molecule has 1 amide bonds. The van der Waals surface area contributed by atoms with Crippen LogP contribution in [0.1, 0.15) is 65.7 Å². The molecule has 0 spiro atoms. The Balaban J connectivity index is 1.56. The summed E-state index contributed by atoms with van der Waals surface area (Å²) in [6.45, 7) is 0.169. The molecule has 1 aromatic heterocycles. The van der Waals surface area contributed by atoms with Crippen molar-refractivity contribution in [3.63, 3.8) is 0 Å². The van der Waals surface area contributed by atoms with E-state index < -0.39 is 6.10 Å². The van der Waals surface area contributed by atoms with Gasteiger partial charge in [0.1, 0.15) is 6.10 Å². The lowest BCUT2D eigenvalue weighted by Gasteiger charge is -2.22. The molecule has 0 aliphatic heterocycles. The minimum absolute atomic E-state index is 0.161. The molecule has 0 saturated heterocycles. The van der Waals surface area contributed by atoms with Crippen LogP contribution in [0.2, 0.25) is 0 Å². The minimum Gasteiger partial charge on any atom is -0.385 e. The lowest BCUT2D eigenvalue weighted by atomic mass is 9.84. The number of carbonyl (C=O) groups is 1. The topological polar surface area (TPSA) is 67.2 Å². The van der Waals surface area contributed by atoms with E-state index in [2.05, 4.69) is 22.5 Å². The summed E-state index contributed by atoms with van der Waals surface area (Å²) in [5, 5.41) is 16.9. The molecular weight excluding hydrogens is 302 g/mol. The van der Waals surface area contributed by atoms with Gasteiger partial charge in [-0.3, -0.25) is 9.48 Å². The van der Waals surface area contributed by atoms with Gasteiger partial charge in [0, 0.05) is 25.4 Å². The van der Waals surface area contributed by atoms with Gasteiger partial charge in [0.2, 0.25) is 0 Å². The molecule has 1 aliphatic carbocycles. The fourth-order valence-electron chi connectivity index (χ4n) is 3.45. The lowest BCUT2D eigenvalue weighted by molar-refractivity contribution is 0.0911. The zero-order valence-corrected chi connectivity index (χ0v) is 14.1. The van der Waals surface area contributed by atoms with Crippen LogP contribution < -0.4 is 5.32 Å². The normalized spacial score (nSPS) is 16.8. The summed E-state index contributed by atoms with van der Waals surface area (Å²) in [6.07, 6.45) is 7.32. The number of aryl methyl sites for hydroxylation is 1. The van der Waals surface area contributed by atoms with Gasteiger partial charge in [-0.05, 0) is 42.5 Å². The van der Waals surface area contributed by atoms with Gasteiger partial charge in [-0.1, -0.05) is 31.4 Å². The molecule has 1 heterocycles. The van der Waals surface area contributed by atoms with E-state index in [1.807, 2.05) is 12.1 Å². The number of nitrogens with one attached hydrogen (secondary N) is 1. The Hall–Kier alpha value is -2.14. The minimum atomic E-state index is -0.761. The fraction of sp³-hybridized carbons (Fsp3) is 0.474. The molecular formula is C19H25N3O2. The highest BCUT2D eigenvalue weighted by Crippen LogP contribution is 2.32. The molecule has 1 atom stereocenters. The second-order valence-corrected chi connectivity index (χ2v) is 6.56. The van der Waals surface area contributed by atoms with Gasteiger partial charge < -0.3 is 10.4 Å². The van der Waals surface area contributed by atoms with Crippen LogP contribution in [0.25, 0.3) is 0 Å². The van der Waals surface area contributed by atoms with E-state index in [0.29, 0.717) is 17.2 Å². The lowest BCUT2D eigenvalue weighted by Crippen LogP contribution is -2.29. The van der Waals surface area contributed by atoms with Crippen molar-refractivity contribution in [1.29, 1.82) is 0 Å². The number of rotatable bonds is 5. The summed E-state index contributed by atoms with van der Waals surface area (Å²) >= 11 is 0. The van der Waals surface area contributed by atoms with Crippen molar-refractivity contribution in [2.24, 2.45) is 7.05 Å². The number of carbonyl (C=O) groups excluding carboxylic acids is 1. The first-order chi connectivity index (χ1) is 11.6. The van der Waals surface area contributed by atoms with Crippen molar-refractivity contribution < 1.29 is 9.90 Å². The maximum atomic E-state index is 12.2. The van der Waals surface area contributed by atoms with Gasteiger partial charge in [-0.15, -0.1) is 0 Å². The highest BCUT2D eigenvalue weighted by molar-refractivity contribution is 5.94. The first kappa shape index (κ1) is 16.7. The van der Waals surface area contributed by atoms with Crippen LogP contribution >= 0.6 is 0 Å². The van der Waals surface area contributed by atoms with E-state index in [0.717, 1.165) is 0 Å². The second kappa shape index (κ2) is 7.62. The maximum absolute atomic E-state index is 12.2. The zero-order valence-electron chi connectivity index (χ0n) is 14.1. The molecule has 1 fully saturated rings. The van der Waals surface area contributed by atoms with Gasteiger partial charge in [0.05, 0.1) is 5.69 Å². The molecule has 1 saturated carbocycles. The number of aliphatic hydroxyl groups is 1. The monoisotopic (exact) mass is 327 g/mol. The number of aliphatic hydroxyl groups excluding tert-OH is 1. The molecule has 0 radical (unpaired) electrons. The molecule has 5 heteroatoms. The van der Waals surface area contributed by atoms with Crippen LogP contribution in [0, 0.1) is 0 Å². The van der Waals surface area contributed by atoms with Crippen LogP contribution in [0.5, 0.6) is 0 Å². The van der Waals surface area contributed by atoms with Gasteiger partial charge in [-0.2, -0.15) is 5.10 Å². The number of benzene rings is 1. The van der Waals surface area contributed by atoms with E-state index in [4.69, 9.17) is 0 Å². The van der Waals surface area contributed by atoms with Crippen molar-refractivity contribution in [2.75, 3.05) is 6.54 Å². The third-order valence-electron chi connectivity index (χ3n) is 4.91. The number of nitrogens with zero attached hydrogens (tertiary/aromatic N) is 2. The smallest absolute Gasteiger partial charge is 0.251 e. The summed E-state index contributed by atoms with van der Waals surface area (Å²) in [7, 11) is 1.77. The Morgan fingerprint density at radius 3 is 2.58 bits per heavy atom.